The van der Waals surface area contributed by atoms with Gasteiger partial charge in [0.1, 0.15) is 6.10 Å². The predicted molar refractivity (Wildman–Crippen MR) is 62.1 cm³/mol. The van der Waals surface area contributed by atoms with Crippen LogP contribution in [-0.4, -0.2) is 59.4 Å². The summed E-state index contributed by atoms with van der Waals surface area (Å²) in [4.78, 5) is 24.7. The molecule has 2 heterocycles. The molecule has 0 radical (unpaired) electrons. The van der Waals surface area contributed by atoms with E-state index >= 15 is 0 Å². The van der Waals surface area contributed by atoms with E-state index in [1.54, 1.807) is 4.90 Å². The zero-order chi connectivity index (χ0) is 13.3. The Balaban J connectivity index is 1.93. The van der Waals surface area contributed by atoms with Crippen LogP contribution in [0.3, 0.4) is 0 Å². The Hall–Kier alpha value is -1.14. The van der Waals surface area contributed by atoms with Crippen LogP contribution < -0.4 is 0 Å². The molecule has 4 unspecified atom stereocenters. The number of carbonyl (C=O) groups is 2. The minimum absolute atomic E-state index is 0.00868. The molecule has 2 aliphatic heterocycles. The third kappa shape index (κ3) is 2.81. The second-order valence-corrected chi connectivity index (χ2v) is 5.03. The van der Waals surface area contributed by atoms with Crippen LogP contribution in [0.2, 0.25) is 0 Å². The van der Waals surface area contributed by atoms with Gasteiger partial charge in [-0.2, -0.15) is 0 Å². The molecule has 0 aromatic rings. The number of morpholine rings is 1. The number of carboxylic acid groups (broad SMARTS) is 1. The number of nitrogens with zero attached hydrogens (tertiary/aromatic N) is 1. The van der Waals surface area contributed by atoms with Gasteiger partial charge in [0.05, 0.1) is 12.2 Å². The molecule has 6 nitrogen and oxygen atoms in total. The fraction of sp³-hybridized carbons (Fsp3) is 0.833. The van der Waals surface area contributed by atoms with Gasteiger partial charge in [-0.15, -0.1) is 0 Å². The molecule has 1 N–H and O–H groups in total. The monoisotopic (exact) mass is 257 g/mol. The van der Waals surface area contributed by atoms with Gasteiger partial charge in [-0.25, -0.2) is 4.79 Å². The van der Waals surface area contributed by atoms with Crippen molar-refractivity contribution >= 4 is 11.9 Å². The quantitative estimate of drug-likeness (QED) is 0.767. The lowest BCUT2D eigenvalue weighted by molar-refractivity contribution is -0.160. The molecule has 1 amide bonds. The minimum Gasteiger partial charge on any atom is -0.479 e. The van der Waals surface area contributed by atoms with Crippen molar-refractivity contribution in [2.75, 3.05) is 13.1 Å². The summed E-state index contributed by atoms with van der Waals surface area (Å²) in [5.41, 5.74) is 0. The van der Waals surface area contributed by atoms with E-state index in [-0.39, 0.29) is 18.1 Å². The normalized spacial score (nSPS) is 36.7. The van der Waals surface area contributed by atoms with Gasteiger partial charge in [-0.3, -0.25) is 4.79 Å². The maximum Gasteiger partial charge on any atom is 0.332 e. The molecular formula is C12H19NO5. The van der Waals surface area contributed by atoms with Crippen molar-refractivity contribution in [3.8, 4) is 0 Å². The highest BCUT2D eigenvalue weighted by Crippen LogP contribution is 2.23. The Kier molecular flexibility index (Phi) is 3.87. The fourth-order valence-electron chi connectivity index (χ4n) is 2.56. The Labute approximate surface area is 106 Å². The Morgan fingerprint density at radius 2 is 1.61 bits per heavy atom. The summed E-state index contributed by atoms with van der Waals surface area (Å²) in [6.45, 7) is 4.93. The molecule has 18 heavy (non-hydrogen) atoms. The summed E-state index contributed by atoms with van der Waals surface area (Å²) in [6.07, 6.45) is -0.543. The van der Waals surface area contributed by atoms with Crippen LogP contribution in [0.1, 0.15) is 26.7 Å². The summed E-state index contributed by atoms with van der Waals surface area (Å²) < 4.78 is 10.8. The zero-order valence-corrected chi connectivity index (χ0v) is 10.7. The van der Waals surface area contributed by atoms with Gasteiger partial charge < -0.3 is 19.5 Å². The van der Waals surface area contributed by atoms with Gasteiger partial charge in [0.2, 0.25) is 0 Å². The maximum atomic E-state index is 12.2. The van der Waals surface area contributed by atoms with Gasteiger partial charge in [0, 0.05) is 13.1 Å². The van der Waals surface area contributed by atoms with E-state index in [1.165, 1.54) is 0 Å². The van der Waals surface area contributed by atoms with Crippen molar-refractivity contribution in [1.29, 1.82) is 0 Å². The van der Waals surface area contributed by atoms with Crippen LogP contribution in [-0.2, 0) is 19.1 Å². The second kappa shape index (κ2) is 5.24. The summed E-state index contributed by atoms with van der Waals surface area (Å²) >= 11 is 0. The minimum atomic E-state index is -0.992. The van der Waals surface area contributed by atoms with Crippen molar-refractivity contribution in [3.05, 3.63) is 0 Å². The van der Waals surface area contributed by atoms with Gasteiger partial charge in [-0.05, 0) is 26.7 Å². The molecule has 0 spiro atoms. The van der Waals surface area contributed by atoms with E-state index in [1.807, 2.05) is 13.8 Å². The number of aliphatic carboxylic acids is 1. The lowest BCUT2D eigenvalue weighted by Gasteiger charge is -2.36. The predicted octanol–water partition coefficient (Wildman–Crippen LogP) is 0.254. The molecule has 102 valence electrons. The van der Waals surface area contributed by atoms with E-state index in [0.29, 0.717) is 25.9 Å². The lowest BCUT2D eigenvalue weighted by atomic mass is 10.1. The van der Waals surface area contributed by atoms with E-state index in [4.69, 9.17) is 14.6 Å². The van der Waals surface area contributed by atoms with Crippen molar-refractivity contribution < 1.29 is 24.2 Å². The number of carbonyl (C=O) groups excluding carboxylic acids is 1. The smallest absolute Gasteiger partial charge is 0.332 e. The standard InChI is InChI=1S/C12H19NO5/c1-7-5-13(6-8(2)17-7)11(14)9-3-4-10(18-9)12(15)16/h7-10H,3-6H2,1-2H3,(H,15,16). The van der Waals surface area contributed by atoms with Crippen molar-refractivity contribution in [3.63, 3.8) is 0 Å². The first kappa shape index (κ1) is 13.3. The zero-order valence-electron chi connectivity index (χ0n) is 10.7. The number of hydrogen-bond donors (Lipinski definition) is 1. The summed E-state index contributed by atoms with van der Waals surface area (Å²) in [5.74, 6) is -1.10. The summed E-state index contributed by atoms with van der Waals surface area (Å²) in [6, 6.07) is 0. The molecule has 0 aromatic heterocycles. The SMILES string of the molecule is CC1CN(C(=O)C2CCC(C(=O)O)O2)CC(C)O1. The van der Waals surface area contributed by atoms with Crippen LogP contribution in [0, 0.1) is 0 Å². The molecule has 0 aliphatic carbocycles. The maximum absolute atomic E-state index is 12.2. The molecule has 2 fully saturated rings. The van der Waals surface area contributed by atoms with Crippen LogP contribution in [0.25, 0.3) is 0 Å². The Morgan fingerprint density at radius 1 is 1.06 bits per heavy atom. The van der Waals surface area contributed by atoms with Gasteiger partial charge >= 0.3 is 5.97 Å². The van der Waals surface area contributed by atoms with Gasteiger partial charge in [0.15, 0.2) is 6.10 Å². The third-order valence-corrected chi connectivity index (χ3v) is 3.30. The molecular weight excluding hydrogens is 238 g/mol. The third-order valence-electron chi connectivity index (χ3n) is 3.30. The van der Waals surface area contributed by atoms with Crippen LogP contribution >= 0.6 is 0 Å². The first-order chi connectivity index (χ1) is 8.47. The van der Waals surface area contributed by atoms with E-state index in [0.717, 1.165) is 0 Å². The molecule has 2 rings (SSSR count). The topological polar surface area (TPSA) is 76.1 Å². The summed E-state index contributed by atoms with van der Waals surface area (Å²) in [5, 5.41) is 8.84. The van der Waals surface area contributed by atoms with Crippen LogP contribution in [0.5, 0.6) is 0 Å². The van der Waals surface area contributed by atoms with Crippen LogP contribution in [0.15, 0.2) is 0 Å². The second-order valence-electron chi connectivity index (χ2n) is 5.03. The van der Waals surface area contributed by atoms with Crippen molar-refractivity contribution in [1.82, 2.24) is 4.90 Å². The largest absolute Gasteiger partial charge is 0.479 e. The number of carboxylic acids is 1. The summed E-state index contributed by atoms with van der Waals surface area (Å²) in [7, 11) is 0. The molecule has 0 aromatic carbocycles. The van der Waals surface area contributed by atoms with E-state index < -0.39 is 18.2 Å². The molecule has 0 saturated carbocycles. The molecule has 6 heteroatoms. The Morgan fingerprint density at radius 3 is 2.11 bits per heavy atom. The average Bonchev–Trinajstić information content (AvgIpc) is 2.75. The number of ether oxygens (including phenoxy) is 2. The lowest BCUT2D eigenvalue weighted by Crippen LogP contribution is -2.51. The molecule has 4 atom stereocenters. The van der Waals surface area contributed by atoms with E-state index in [2.05, 4.69) is 0 Å². The van der Waals surface area contributed by atoms with Crippen LogP contribution in [0.4, 0.5) is 0 Å². The van der Waals surface area contributed by atoms with Crippen molar-refractivity contribution in [2.24, 2.45) is 0 Å². The highest BCUT2D eigenvalue weighted by atomic mass is 16.5. The molecule has 0 bridgehead atoms. The first-order valence-corrected chi connectivity index (χ1v) is 6.30. The molecule has 2 aliphatic rings. The average molecular weight is 257 g/mol. The van der Waals surface area contributed by atoms with E-state index in [9.17, 15) is 9.59 Å². The highest BCUT2D eigenvalue weighted by Gasteiger charge is 2.38. The Bertz CT molecular complexity index is 335. The van der Waals surface area contributed by atoms with Gasteiger partial charge in [-0.1, -0.05) is 0 Å². The van der Waals surface area contributed by atoms with Crippen molar-refractivity contribution in [2.45, 2.75) is 51.1 Å². The number of rotatable bonds is 2. The number of hydrogen-bond acceptors (Lipinski definition) is 4. The number of amides is 1. The highest BCUT2D eigenvalue weighted by molar-refractivity contribution is 5.82. The fourth-order valence-corrected chi connectivity index (χ4v) is 2.56. The van der Waals surface area contributed by atoms with Gasteiger partial charge in [0.25, 0.3) is 5.91 Å². The first-order valence-electron chi connectivity index (χ1n) is 6.30. The molecule has 2 saturated heterocycles.